The molecule has 0 amide bonds. The molecule has 0 N–H and O–H groups in total. The minimum atomic E-state index is -4.76. The van der Waals surface area contributed by atoms with Crippen LogP contribution in [0.3, 0.4) is 0 Å². The zero-order valence-electron chi connectivity index (χ0n) is 8.58. The Bertz CT molecular complexity index is 480. The molecule has 0 aromatic heterocycles. The number of hydrogen-bond acceptors (Lipinski definition) is 2. The number of halogens is 4. The number of benzene rings is 1. The van der Waals surface area contributed by atoms with E-state index in [-0.39, 0.29) is 0 Å². The van der Waals surface area contributed by atoms with Crippen molar-refractivity contribution in [3.8, 4) is 0 Å². The third-order valence-corrected chi connectivity index (χ3v) is 1.97. The van der Waals surface area contributed by atoms with Gasteiger partial charge in [0.25, 0.3) is 0 Å². The molecule has 0 aliphatic rings. The molecule has 0 fully saturated rings. The highest BCUT2D eigenvalue weighted by atomic mass is 19.4. The lowest BCUT2D eigenvalue weighted by atomic mass is 10.1. The lowest BCUT2D eigenvalue weighted by Gasteiger charge is -2.09. The summed E-state index contributed by atoms with van der Waals surface area (Å²) >= 11 is 0. The molecule has 1 rings (SSSR count). The molecule has 1 aromatic carbocycles. The summed E-state index contributed by atoms with van der Waals surface area (Å²) in [7, 11) is 0. The molecule has 0 saturated heterocycles. The van der Waals surface area contributed by atoms with Crippen molar-refractivity contribution in [2.75, 3.05) is 0 Å². The van der Waals surface area contributed by atoms with Gasteiger partial charge >= 0.3 is 6.18 Å². The van der Waals surface area contributed by atoms with Crippen LogP contribution in [-0.4, -0.2) is 4.92 Å². The zero-order valence-corrected chi connectivity index (χ0v) is 8.58. The van der Waals surface area contributed by atoms with Crippen molar-refractivity contribution in [1.82, 2.24) is 0 Å². The van der Waals surface area contributed by atoms with Crippen LogP contribution < -0.4 is 0 Å². The topological polar surface area (TPSA) is 43.1 Å². The number of hydrogen-bond donors (Lipinski definition) is 0. The predicted octanol–water partition coefficient (Wildman–Crippen LogP) is 3.48. The second-order valence-corrected chi connectivity index (χ2v) is 3.27. The van der Waals surface area contributed by atoms with Gasteiger partial charge in [0.05, 0.1) is 10.5 Å². The van der Waals surface area contributed by atoms with Gasteiger partial charge in [-0.25, -0.2) is 4.39 Å². The van der Waals surface area contributed by atoms with Crippen LogP contribution in [0.1, 0.15) is 18.1 Å². The summed E-state index contributed by atoms with van der Waals surface area (Å²) in [4.78, 5) is 9.50. The molecule has 0 heterocycles. The zero-order chi connectivity index (χ0) is 13.2. The largest absolute Gasteiger partial charge is 0.417 e. The van der Waals surface area contributed by atoms with Crippen LogP contribution in [0.5, 0.6) is 0 Å². The lowest BCUT2D eigenvalue weighted by molar-refractivity contribution is -0.422. The van der Waals surface area contributed by atoms with Crippen molar-refractivity contribution in [2.24, 2.45) is 0 Å². The first kappa shape index (κ1) is 13.1. The van der Waals surface area contributed by atoms with Crippen LogP contribution in [0.4, 0.5) is 17.6 Å². The number of nitrogens with zero attached hydrogens (tertiary/aromatic N) is 1. The molecule has 0 aliphatic carbocycles. The molecule has 0 atom stereocenters. The summed E-state index contributed by atoms with van der Waals surface area (Å²) < 4.78 is 50.3. The Balaban J connectivity index is 3.35. The van der Waals surface area contributed by atoms with E-state index in [1.165, 1.54) is 0 Å². The van der Waals surface area contributed by atoms with E-state index in [4.69, 9.17) is 0 Å². The van der Waals surface area contributed by atoms with E-state index in [0.717, 1.165) is 25.1 Å². The fourth-order valence-corrected chi connectivity index (χ4v) is 1.18. The van der Waals surface area contributed by atoms with Crippen LogP contribution in [0, 0.1) is 15.9 Å². The second-order valence-electron chi connectivity index (χ2n) is 3.27. The summed E-state index contributed by atoms with van der Waals surface area (Å²) in [5, 5.41) is 10.3. The van der Waals surface area contributed by atoms with Crippen LogP contribution in [0.2, 0.25) is 0 Å². The Kier molecular flexibility index (Phi) is 3.50. The van der Waals surface area contributed by atoms with Crippen LogP contribution in [0.25, 0.3) is 6.08 Å². The van der Waals surface area contributed by atoms with Gasteiger partial charge in [-0.15, -0.1) is 0 Å². The van der Waals surface area contributed by atoms with E-state index >= 15 is 0 Å². The summed E-state index contributed by atoms with van der Waals surface area (Å²) in [6.07, 6.45) is -4.01. The molecule has 0 bridgehead atoms. The summed E-state index contributed by atoms with van der Waals surface area (Å²) in [6.45, 7) is 1.06. The smallest absolute Gasteiger partial charge is 0.259 e. The highest BCUT2D eigenvalue weighted by Crippen LogP contribution is 2.33. The molecular weight excluding hydrogens is 242 g/mol. The molecule has 1 aromatic rings. The molecule has 0 spiro atoms. The Morgan fingerprint density at radius 2 is 2.00 bits per heavy atom. The van der Waals surface area contributed by atoms with Crippen LogP contribution in [-0.2, 0) is 6.18 Å². The normalized spacial score (nSPS) is 12.6. The molecular formula is C10H7F4NO2. The van der Waals surface area contributed by atoms with Crippen molar-refractivity contribution in [1.29, 1.82) is 0 Å². The lowest BCUT2D eigenvalue weighted by Crippen LogP contribution is -2.08. The van der Waals surface area contributed by atoms with Gasteiger partial charge in [-0.3, -0.25) is 10.1 Å². The quantitative estimate of drug-likeness (QED) is 0.457. The van der Waals surface area contributed by atoms with Crippen molar-refractivity contribution in [3.05, 3.63) is 51.0 Å². The summed E-state index contributed by atoms with van der Waals surface area (Å²) in [6, 6.07) is 1.97. The minimum absolute atomic E-state index is 0.305. The Morgan fingerprint density at radius 1 is 1.41 bits per heavy atom. The van der Waals surface area contributed by atoms with Gasteiger partial charge in [-0.1, -0.05) is 6.07 Å². The van der Waals surface area contributed by atoms with Crippen LogP contribution >= 0.6 is 0 Å². The highest BCUT2D eigenvalue weighted by Gasteiger charge is 2.33. The monoisotopic (exact) mass is 249 g/mol. The third kappa shape index (κ3) is 3.27. The number of alkyl halides is 3. The van der Waals surface area contributed by atoms with E-state index < -0.39 is 33.7 Å². The number of nitro groups is 1. The molecule has 3 nitrogen and oxygen atoms in total. The van der Waals surface area contributed by atoms with Gasteiger partial charge in [0.15, 0.2) is 0 Å². The number of rotatable bonds is 2. The van der Waals surface area contributed by atoms with Gasteiger partial charge in [0.2, 0.25) is 5.70 Å². The highest BCUT2D eigenvalue weighted by molar-refractivity contribution is 5.55. The van der Waals surface area contributed by atoms with Crippen LogP contribution in [0.15, 0.2) is 23.9 Å². The molecule has 0 unspecified atom stereocenters. The van der Waals surface area contributed by atoms with E-state index in [2.05, 4.69) is 0 Å². The first-order valence-corrected chi connectivity index (χ1v) is 4.41. The molecule has 0 aliphatic heterocycles. The second kappa shape index (κ2) is 4.52. The molecule has 7 heteroatoms. The van der Waals surface area contributed by atoms with Gasteiger partial charge in [0, 0.05) is 13.0 Å². The Morgan fingerprint density at radius 3 is 2.47 bits per heavy atom. The fraction of sp³-hybridized carbons (Fsp3) is 0.200. The standard InChI is InChI=1S/C10H7F4NO2/c1-6(15(16)17)4-7-2-3-8(11)5-9(7)10(12,13)14/h2-5H,1H3/b6-4-. The first-order chi connectivity index (χ1) is 7.71. The fourth-order valence-electron chi connectivity index (χ4n) is 1.18. The number of allylic oxidation sites excluding steroid dienone is 1. The van der Waals surface area contributed by atoms with Gasteiger partial charge in [-0.05, 0) is 17.7 Å². The Labute approximate surface area is 93.5 Å². The summed E-state index contributed by atoms with van der Waals surface area (Å²) in [5.41, 5.74) is -2.13. The molecule has 17 heavy (non-hydrogen) atoms. The SMILES string of the molecule is C/C(=C/c1ccc(F)cc1C(F)(F)F)[N+](=O)[O-]. The average molecular weight is 249 g/mol. The maximum atomic E-state index is 12.7. The van der Waals surface area contributed by atoms with E-state index in [0.29, 0.717) is 6.07 Å². The van der Waals surface area contributed by atoms with Gasteiger partial charge in [-0.2, -0.15) is 13.2 Å². The maximum Gasteiger partial charge on any atom is 0.417 e. The van der Waals surface area contributed by atoms with Crippen molar-refractivity contribution < 1.29 is 22.5 Å². The molecule has 0 radical (unpaired) electrons. The van der Waals surface area contributed by atoms with Crippen molar-refractivity contribution in [2.45, 2.75) is 13.1 Å². The van der Waals surface area contributed by atoms with Crippen molar-refractivity contribution in [3.63, 3.8) is 0 Å². The Hall–Kier alpha value is -1.92. The minimum Gasteiger partial charge on any atom is -0.259 e. The maximum absolute atomic E-state index is 12.7. The van der Waals surface area contributed by atoms with Gasteiger partial charge < -0.3 is 0 Å². The third-order valence-electron chi connectivity index (χ3n) is 1.97. The first-order valence-electron chi connectivity index (χ1n) is 4.41. The van der Waals surface area contributed by atoms with Crippen molar-refractivity contribution >= 4 is 6.08 Å². The average Bonchev–Trinajstić information content (AvgIpc) is 2.18. The summed E-state index contributed by atoms with van der Waals surface area (Å²) in [5.74, 6) is -1.05. The predicted molar refractivity (Wildman–Crippen MR) is 52.0 cm³/mol. The molecule has 92 valence electrons. The van der Waals surface area contributed by atoms with E-state index in [9.17, 15) is 27.7 Å². The molecule has 0 saturated carbocycles. The van der Waals surface area contributed by atoms with E-state index in [1.54, 1.807) is 0 Å². The van der Waals surface area contributed by atoms with E-state index in [1.807, 2.05) is 0 Å². The van der Waals surface area contributed by atoms with Gasteiger partial charge in [0.1, 0.15) is 5.82 Å².